The predicted molar refractivity (Wildman–Crippen MR) is 95.4 cm³/mol. The molecule has 0 aliphatic rings. The fraction of sp³-hybridized carbons (Fsp3) is 0.0588. The Bertz CT molecular complexity index is 891. The summed E-state index contributed by atoms with van der Waals surface area (Å²) in [5.41, 5.74) is 1.99. The lowest BCUT2D eigenvalue weighted by atomic mass is 10.2. The van der Waals surface area contributed by atoms with E-state index in [0.717, 1.165) is 4.47 Å². The number of nitrogens with zero attached hydrogens (tertiary/aromatic N) is 2. The maximum absolute atomic E-state index is 13.1. The van der Waals surface area contributed by atoms with Crippen molar-refractivity contribution in [3.8, 4) is 5.69 Å². The zero-order chi connectivity index (χ0) is 17.3. The van der Waals surface area contributed by atoms with Crippen LogP contribution in [0.5, 0.6) is 0 Å². The number of hydrogen-bond donors (Lipinski definition) is 1. The van der Waals surface area contributed by atoms with Gasteiger partial charge in [0.1, 0.15) is 16.5 Å². The van der Waals surface area contributed by atoms with Crippen LogP contribution in [0, 0.1) is 12.7 Å². The molecule has 1 heterocycles. The molecule has 1 aromatic heterocycles. The van der Waals surface area contributed by atoms with Crippen molar-refractivity contribution in [2.45, 2.75) is 6.92 Å². The minimum atomic E-state index is -0.355. The van der Waals surface area contributed by atoms with Crippen LogP contribution in [0.3, 0.4) is 0 Å². The summed E-state index contributed by atoms with van der Waals surface area (Å²) < 4.78 is 15.4. The highest BCUT2D eigenvalue weighted by Gasteiger charge is 2.21. The van der Waals surface area contributed by atoms with Gasteiger partial charge in [-0.3, -0.25) is 4.79 Å². The van der Waals surface area contributed by atoms with E-state index in [2.05, 4.69) is 26.3 Å². The fourth-order valence-corrected chi connectivity index (χ4v) is 2.86. The Morgan fingerprint density at radius 1 is 1.17 bits per heavy atom. The number of rotatable bonds is 3. The van der Waals surface area contributed by atoms with Gasteiger partial charge in [0.05, 0.1) is 11.4 Å². The van der Waals surface area contributed by atoms with E-state index in [-0.39, 0.29) is 22.4 Å². The number of aryl methyl sites for hydroxylation is 1. The van der Waals surface area contributed by atoms with E-state index in [9.17, 15) is 9.18 Å². The molecular formula is C17H12BrClFN3O. The zero-order valence-electron chi connectivity index (χ0n) is 12.6. The first-order chi connectivity index (χ1) is 11.5. The van der Waals surface area contributed by atoms with Gasteiger partial charge < -0.3 is 5.32 Å². The van der Waals surface area contributed by atoms with Gasteiger partial charge in [-0.25, -0.2) is 9.07 Å². The summed E-state index contributed by atoms with van der Waals surface area (Å²) >= 11 is 9.67. The highest BCUT2D eigenvalue weighted by molar-refractivity contribution is 9.10. The summed E-state index contributed by atoms with van der Waals surface area (Å²) in [7, 11) is 0. The van der Waals surface area contributed by atoms with Crippen LogP contribution in [0.25, 0.3) is 5.69 Å². The largest absolute Gasteiger partial charge is 0.322 e. The molecule has 0 bridgehead atoms. The Kier molecular flexibility index (Phi) is 4.69. The maximum atomic E-state index is 13.1. The Balaban J connectivity index is 1.92. The summed E-state index contributed by atoms with van der Waals surface area (Å²) in [4.78, 5) is 12.5. The number of benzene rings is 2. The van der Waals surface area contributed by atoms with Crippen molar-refractivity contribution in [2.24, 2.45) is 0 Å². The first-order valence-corrected chi connectivity index (χ1v) is 8.21. The van der Waals surface area contributed by atoms with Crippen LogP contribution in [0.4, 0.5) is 10.1 Å². The molecule has 3 aromatic rings. The predicted octanol–water partition coefficient (Wildman–Crippen LogP) is 4.99. The van der Waals surface area contributed by atoms with Crippen LogP contribution in [-0.4, -0.2) is 15.7 Å². The van der Waals surface area contributed by atoms with E-state index in [0.29, 0.717) is 17.1 Å². The van der Waals surface area contributed by atoms with Gasteiger partial charge in [0.25, 0.3) is 5.91 Å². The molecule has 4 nitrogen and oxygen atoms in total. The van der Waals surface area contributed by atoms with Gasteiger partial charge in [-0.05, 0) is 55.5 Å². The lowest BCUT2D eigenvalue weighted by molar-refractivity contribution is 0.102. The van der Waals surface area contributed by atoms with Crippen molar-refractivity contribution in [1.82, 2.24) is 9.78 Å². The molecular weight excluding hydrogens is 397 g/mol. The van der Waals surface area contributed by atoms with Crippen molar-refractivity contribution in [3.05, 3.63) is 75.2 Å². The molecule has 1 N–H and O–H groups in total. The van der Waals surface area contributed by atoms with Crippen molar-refractivity contribution < 1.29 is 9.18 Å². The number of carbonyl (C=O) groups is 1. The monoisotopic (exact) mass is 407 g/mol. The van der Waals surface area contributed by atoms with Gasteiger partial charge in [-0.2, -0.15) is 5.10 Å². The highest BCUT2D eigenvalue weighted by atomic mass is 79.9. The number of anilines is 1. The molecule has 3 rings (SSSR count). The summed E-state index contributed by atoms with van der Waals surface area (Å²) in [6, 6.07) is 12.9. The van der Waals surface area contributed by atoms with Crippen LogP contribution < -0.4 is 5.32 Å². The molecule has 2 aromatic carbocycles. The zero-order valence-corrected chi connectivity index (χ0v) is 14.9. The molecule has 7 heteroatoms. The second-order valence-electron chi connectivity index (χ2n) is 5.10. The Morgan fingerprint density at radius 3 is 2.42 bits per heavy atom. The van der Waals surface area contributed by atoms with Crippen molar-refractivity contribution in [1.29, 1.82) is 0 Å². The maximum Gasteiger partial charge on any atom is 0.260 e. The van der Waals surface area contributed by atoms with E-state index < -0.39 is 0 Å². The number of nitrogens with one attached hydrogen (secondary N) is 1. The van der Waals surface area contributed by atoms with E-state index in [1.54, 1.807) is 31.2 Å². The van der Waals surface area contributed by atoms with Crippen LogP contribution in [0.15, 0.2) is 53.0 Å². The fourth-order valence-electron chi connectivity index (χ4n) is 2.24. The Morgan fingerprint density at radius 2 is 1.79 bits per heavy atom. The standard InChI is InChI=1S/C17H12BrClFN3O/c1-10-15(17(24)21-13-6-2-11(18)3-7-13)16(19)23(22-10)14-8-4-12(20)5-9-14/h2-9H,1H3,(H,21,24). The van der Waals surface area contributed by atoms with Crippen LogP contribution >= 0.6 is 27.5 Å². The molecule has 0 aliphatic heterocycles. The first-order valence-electron chi connectivity index (χ1n) is 7.03. The third-order valence-electron chi connectivity index (χ3n) is 3.40. The third-order valence-corrected chi connectivity index (χ3v) is 4.28. The average Bonchev–Trinajstić information content (AvgIpc) is 2.85. The van der Waals surface area contributed by atoms with Gasteiger partial charge in [0.15, 0.2) is 0 Å². The van der Waals surface area contributed by atoms with E-state index >= 15 is 0 Å². The molecule has 0 unspecified atom stereocenters. The quantitative estimate of drug-likeness (QED) is 0.664. The molecule has 0 spiro atoms. The summed E-state index contributed by atoms with van der Waals surface area (Å²) in [6.07, 6.45) is 0. The molecule has 0 atom stereocenters. The molecule has 0 fully saturated rings. The van der Waals surface area contributed by atoms with Crippen LogP contribution in [-0.2, 0) is 0 Å². The highest BCUT2D eigenvalue weighted by Crippen LogP contribution is 2.25. The SMILES string of the molecule is Cc1nn(-c2ccc(F)cc2)c(Cl)c1C(=O)Nc1ccc(Br)cc1. The van der Waals surface area contributed by atoms with E-state index in [4.69, 9.17) is 11.6 Å². The normalized spacial score (nSPS) is 10.7. The second-order valence-corrected chi connectivity index (χ2v) is 6.37. The van der Waals surface area contributed by atoms with E-state index in [1.165, 1.54) is 16.8 Å². The van der Waals surface area contributed by atoms with E-state index in [1.807, 2.05) is 12.1 Å². The minimum Gasteiger partial charge on any atom is -0.322 e. The molecule has 0 saturated heterocycles. The molecule has 24 heavy (non-hydrogen) atoms. The summed E-state index contributed by atoms with van der Waals surface area (Å²) in [6.45, 7) is 1.70. The molecule has 0 saturated carbocycles. The van der Waals surface area contributed by atoms with Gasteiger partial charge in [0.2, 0.25) is 0 Å². The number of amides is 1. The van der Waals surface area contributed by atoms with Crippen molar-refractivity contribution in [2.75, 3.05) is 5.32 Å². The number of hydrogen-bond acceptors (Lipinski definition) is 2. The first kappa shape index (κ1) is 16.7. The minimum absolute atomic E-state index is 0.175. The van der Waals surface area contributed by atoms with Crippen LogP contribution in [0.1, 0.15) is 16.1 Å². The van der Waals surface area contributed by atoms with Gasteiger partial charge in [0, 0.05) is 10.2 Å². The molecule has 0 aliphatic carbocycles. The topological polar surface area (TPSA) is 46.9 Å². The lowest BCUT2D eigenvalue weighted by Gasteiger charge is -2.06. The van der Waals surface area contributed by atoms with Crippen molar-refractivity contribution in [3.63, 3.8) is 0 Å². The Labute approximate surface area is 151 Å². The summed E-state index contributed by atoms with van der Waals surface area (Å²) in [5, 5.41) is 7.24. The number of aromatic nitrogens is 2. The molecule has 0 radical (unpaired) electrons. The third kappa shape index (κ3) is 3.34. The molecule has 1 amide bonds. The average molecular weight is 409 g/mol. The number of halogens is 3. The van der Waals surface area contributed by atoms with Gasteiger partial charge in [-0.1, -0.05) is 27.5 Å². The smallest absolute Gasteiger partial charge is 0.260 e. The molecule has 122 valence electrons. The van der Waals surface area contributed by atoms with Crippen LogP contribution in [0.2, 0.25) is 5.15 Å². The van der Waals surface area contributed by atoms with Crippen molar-refractivity contribution >= 4 is 39.1 Å². The lowest BCUT2D eigenvalue weighted by Crippen LogP contribution is -2.13. The second kappa shape index (κ2) is 6.75. The van der Waals surface area contributed by atoms with Gasteiger partial charge in [-0.15, -0.1) is 0 Å². The summed E-state index contributed by atoms with van der Waals surface area (Å²) in [5.74, 6) is -0.708. The Hall–Kier alpha value is -2.18. The number of carbonyl (C=O) groups excluding carboxylic acids is 1. The van der Waals surface area contributed by atoms with Gasteiger partial charge >= 0.3 is 0 Å².